The molecular formula is C23H16N2O. The zero-order valence-electron chi connectivity index (χ0n) is 14.3. The molecule has 5 aromatic rings. The number of fused-ring (bicyclic) bond motifs is 3. The van der Waals surface area contributed by atoms with E-state index in [0.29, 0.717) is 0 Å². The Bertz CT molecular complexity index is 1240. The van der Waals surface area contributed by atoms with Crippen molar-refractivity contribution in [3.63, 3.8) is 0 Å². The standard InChI is InChI=1S/C23H16N2O/c1-15-12-19-20(13-17-9-11-26-23(17)22(19)25-14-15)21-18(8-5-10-24-21)16-6-3-2-4-7-16/h2-14H,1H3. The predicted molar refractivity (Wildman–Crippen MR) is 105 cm³/mol. The van der Waals surface area contributed by atoms with Gasteiger partial charge in [-0.15, -0.1) is 0 Å². The minimum absolute atomic E-state index is 0.820. The van der Waals surface area contributed by atoms with E-state index in [2.05, 4.69) is 54.4 Å². The highest BCUT2D eigenvalue weighted by Gasteiger charge is 2.16. The van der Waals surface area contributed by atoms with Crippen LogP contribution >= 0.6 is 0 Å². The van der Waals surface area contributed by atoms with E-state index in [0.717, 1.165) is 49.8 Å². The summed E-state index contributed by atoms with van der Waals surface area (Å²) in [6, 6.07) is 20.7. The Morgan fingerprint density at radius 2 is 1.73 bits per heavy atom. The van der Waals surface area contributed by atoms with Crippen molar-refractivity contribution >= 4 is 21.9 Å². The lowest BCUT2D eigenvalue weighted by atomic mass is 9.95. The largest absolute Gasteiger partial charge is 0.462 e. The second-order valence-electron chi connectivity index (χ2n) is 6.44. The van der Waals surface area contributed by atoms with Crippen molar-refractivity contribution in [1.29, 1.82) is 0 Å². The van der Waals surface area contributed by atoms with E-state index >= 15 is 0 Å². The summed E-state index contributed by atoms with van der Waals surface area (Å²) in [6.07, 6.45) is 5.44. The van der Waals surface area contributed by atoms with Gasteiger partial charge >= 0.3 is 0 Å². The number of pyridine rings is 2. The molecule has 0 fully saturated rings. The molecular weight excluding hydrogens is 320 g/mol. The van der Waals surface area contributed by atoms with Gasteiger partial charge in [-0.3, -0.25) is 9.97 Å². The number of benzene rings is 2. The Labute approximate surface area is 151 Å². The highest BCUT2D eigenvalue weighted by atomic mass is 16.3. The fourth-order valence-corrected chi connectivity index (χ4v) is 3.48. The molecule has 2 aromatic carbocycles. The zero-order valence-corrected chi connectivity index (χ0v) is 14.3. The van der Waals surface area contributed by atoms with Crippen molar-refractivity contribution in [1.82, 2.24) is 9.97 Å². The van der Waals surface area contributed by atoms with Crippen LogP contribution in [0.1, 0.15) is 5.56 Å². The van der Waals surface area contributed by atoms with Gasteiger partial charge in [0.05, 0.1) is 12.0 Å². The van der Waals surface area contributed by atoms with Crippen molar-refractivity contribution in [3.05, 3.63) is 84.9 Å². The SMILES string of the molecule is Cc1cnc2c(c1)c(-c1ncccc1-c1ccccc1)cc1ccoc12. The Hall–Kier alpha value is -3.46. The van der Waals surface area contributed by atoms with E-state index in [4.69, 9.17) is 9.40 Å². The molecule has 0 aliphatic carbocycles. The lowest BCUT2D eigenvalue weighted by molar-refractivity contribution is 0.618. The van der Waals surface area contributed by atoms with Crippen LogP contribution in [0, 0.1) is 6.92 Å². The number of nitrogens with zero attached hydrogens (tertiary/aromatic N) is 2. The quantitative estimate of drug-likeness (QED) is 0.396. The number of hydrogen-bond donors (Lipinski definition) is 0. The van der Waals surface area contributed by atoms with Crippen molar-refractivity contribution in [2.45, 2.75) is 6.92 Å². The minimum Gasteiger partial charge on any atom is -0.462 e. The van der Waals surface area contributed by atoms with Gasteiger partial charge in [0.15, 0.2) is 5.58 Å². The lowest BCUT2D eigenvalue weighted by Gasteiger charge is -2.12. The van der Waals surface area contributed by atoms with E-state index in [-0.39, 0.29) is 0 Å². The highest BCUT2D eigenvalue weighted by molar-refractivity contribution is 6.10. The summed E-state index contributed by atoms with van der Waals surface area (Å²) in [5.74, 6) is 0. The molecule has 5 rings (SSSR count). The third-order valence-electron chi connectivity index (χ3n) is 4.67. The molecule has 0 amide bonds. The van der Waals surface area contributed by atoms with Crippen LogP contribution in [0.25, 0.3) is 44.3 Å². The molecule has 124 valence electrons. The first-order chi connectivity index (χ1) is 12.8. The van der Waals surface area contributed by atoms with Gasteiger partial charge in [0, 0.05) is 34.3 Å². The monoisotopic (exact) mass is 336 g/mol. The Morgan fingerprint density at radius 3 is 2.62 bits per heavy atom. The summed E-state index contributed by atoms with van der Waals surface area (Å²) >= 11 is 0. The van der Waals surface area contributed by atoms with Gasteiger partial charge in [0.25, 0.3) is 0 Å². The number of aryl methyl sites for hydroxylation is 1. The van der Waals surface area contributed by atoms with Gasteiger partial charge in [-0.25, -0.2) is 0 Å². The summed E-state index contributed by atoms with van der Waals surface area (Å²) in [4.78, 5) is 9.39. The summed E-state index contributed by atoms with van der Waals surface area (Å²) in [5, 5.41) is 2.09. The first kappa shape index (κ1) is 14.8. The molecule has 3 nitrogen and oxygen atoms in total. The third kappa shape index (κ3) is 2.29. The molecule has 0 spiro atoms. The fraction of sp³-hybridized carbons (Fsp3) is 0.0435. The van der Waals surface area contributed by atoms with Crippen LogP contribution in [-0.4, -0.2) is 9.97 Å². The molecule has 3 heterocycles. The number of rotatable bonds is 2. The molecule has 0 atom stereocenters. The molecule has 0 aliphatic rings. The van der Waals surface area contributed by atoms with Crippen molar-refractivity contribution < 1.29 is 4.42 Å². The van der Waals surface area contributed by atoms with Crippen LogP contribution in [0.15, 0.2) is 83.7 Å². The molecule has 0 saturated heterocycles. The topological polar surface area (TPSA) is 38.9 Å². The number of furan rings is 1. The Balaban J connectivity index is 1.89. The van der Waals surface area contributed by atoms with Crippen LogP contribution in [0.4, 0.5) is 0 Å². The maximum atomic E-state index is 5.69. The molecule has 0 radical (unpaired) electrons. The van der Waals surface area contributed by atoms with Crippen molar-refractivity contribution in [2.75, 3.05) is 0 Å². The van der Waals surface area contributed by atoms with Crippen LogP contribution in [-0.2, 0) is 0 Å². The van der Waals surface area contributed by atoms with E-state index in [1.165, 1.54) is 0 Å². The normalized spacial score (nSPS) is 11.3. The maximum Gasteiger partial charge on any atom is 0.160 e. The van der Waals surface area contributed by atoms with E-state index < -0.39 is 0 Å². The fourth-order valence-electron chi connectivity index (χ4n) is 3.48. The predicted octanol–water partition coefficient (Wildman–Crippen LogP) is 6.02. The third-order valence-corrected chi connectivity index (χ3v) is 4.67. The minimum atomic E-state index is 0.820. The summed E-state index contributed by atoms with van der Waals surface area (Å²) in [5.41, 5.74) is 7.10. The molecule has 0 bridgehead atoms. The van der Waals surface area contributed by atoms with E-state index in [1.54, 1.807) is 6.26 Å². The first-order valence-corrected chi connectivity index (χ1v) is 8.58. The van der Waals surface area contributed by atoms with Gasteiger partial charge in [-0.1, -0.05) is 36.4 Å². The molecule has 3 aromatic heterocycles. The van der Waals surface area contributed by atoms with Gasteiger partial charge in [-0.05, 0) is 42.3 Å². The molecule has 26 heavy (non-hydrogen) atoms. The van der Waals surface area contributed by atoms with Gasteiger partial charge < -0.3 is 4.42 Å². The lowest BCUT2D eigenvalue weighted by Crippen LogP contribution is -1.92. The van der Waals surface area contributed by atoms with Crippen LogP contribution in [0.2, 0.25) is 0 Å². The second-order valence-corrected chi connectivity index (χ2v) is 6.44. The van der Waals surface area contributed by atoms with Gasteiger partial charge in [-0.2, -0.15) is 0 Å². The molecule has 0 aliphatic heterocycles. The van der Waals surface area contributed by atoms with Crippen LogP contribution in [0.5, 0.6) is 0 Å². The molecule has 0 unspecified atom stereocenters. The first-order valence-electron chi connectivity index (χ1n) is 8.58. The number of hydrogen-bond acceptors (Lipinski definition) is 3. The average Bonchev–Trinajstić information content (AvgIpc) is 3.16. The van der Waals surface area contributed by atoms with Crippen LogP contribution in [0.3, 0.4) is 0 Å². The van der Waals surface area contributed by atoms with Crippen molar-refractivity contribution in [3.8, 4) is 22.4 Å². The summed E-state index contributed by atoms with van der Waals surface area (Å²) in [7, 11) is 0. The Morgan fingerprint density at radius 1 is 0.846 bits per heavy atom. The van der Waals surface area contributed by atoms with Crippen LogP contribution < -0.4 is 0 Å². The molecule has 0 N–H and O–H groups in total. The maximum absolute atomic E-state index is 5.69. The Kier molecular flexibility index (Phi) is 3.32. The van der Waals surface area contributed by atoms with E-state index in [9.17, 15) is 0 Å². The molecule has 0 saturated carbocycles. The van der Waals surface area contributed by atoms with Crippen molar-refractivity contribution in [2.24, 2.45) is 0 Å². The van der Waals surface area contributed by atoms with Gasteiger partial charge in [0.2, 0.25) is 0 Å². The second kappa shape index (κ2) is 5.81. The smallest absolute Gasteiger partial charge is 0.160 e. The summed E-state index contributed by atoms with van der Waals surface area (Å²) < 4.78 is 5.69. The van der Waals surface area contributed by atoms with E-state index in [1.807, 2.05) is 30.6 Å². The van der Waals surface area contributed by atoms with Gasteiger partial charge in [0.1, 0.15) is 5.52 Å². The zero-order chi connectivity index (χ0) is 17.5. The average molecular weight is 336 g/mol. The molecule has 3 heteroatoms. The number of aromatic nitrogens is 2. The highest BCUT2D eigenvalue weighted by Crippen LogP contribution is 2.38. The summed E-state index contributed by atoms with van der Waals surface area (Å²) in [6.45, 7) is 2.05.